The normalized spacial score (nSPS) is 27.3. The number of hydrogen-bond acceptors (Lipinski definition) is 0. The molecule has 0 spiro atoms. The first-order valence-electron chi connectivity index (χ1n) is 8.81. The molecule has 2 atom stereocenters. The smallest absolute Gasteiger partial charge is 0.0134 e. The molecule has 0 heterocycles. The van der Waals surface area contributed by atoms with Crippen LogP contribution in [0.15, 0.2) is 47.6 Å². The van der Waals surface area contributed by atoms with E-state index in [4.69, 9.17) is 0 Å². The van der Waals surface area contributed by atoms with E-state index in [0.717, 1.165) is 18.8 Å². The molecule has 0 bridgehead atoms. The van der Waals surface area contributed by atoms with E-state index in [9.17, 15) is 0 Å². The van der Waals surface area contributed by atoms with Crippen molar-refractivity contribution in [2.75, 3.05) is 0 Å². The summed E-state index contributed by atoms with van der Waals surface area (Å²) in [5, 5.41) is 0. The lowest BCUT2D eigenvalue weighted by Gasteiger charge is -2.36. The SMILES string of the molecule is C.C=C1C[C@@H](C(=C)C)CC=C1C.CC1=CCC(C)(C(C)C)CC1. The van der Waals surface area contributed by atoms with Crippen LogP contribution in [0.5, 0.6) is 0 Å². The highest BCUT2D eigenvalue weighted by molar-refractivity contribution is 5.31. The van der Waals surface area contributed by atoms with Crippen molar-refractivity contribution >= 4 is 0 Å². The van der Waals surface area contributed by atoms with Crippen molar-refractivity contribution in [2.24, 2.45) is 17.3 Å². The van der Waals surface area contributed by atoms with Gasteiger partial charge in [-0.3, -0.25) is 0 Å². The summed E-state index contributed by atoms with van der Waals surface area (Å²) < 4.78 is 0. The molecule has 1 unspecified atom stereocenters. The van der Waals surface area contributed by atoms with Gasteiger partial charge in [0, 0.05) is 0 Å². The molecule has 0 N–H and O–H groups in total. The van der Waals surface area contributed by atoms with Gasteiger partial charge in [-0.2, -0.15) is 0 Å². The van der Waals surface area contributed by atoms with Crippen LogP contribution in [-0.2, 0) is 0 Å². The van der Waals surface area contributed by atoms with Gasteiger partial charge in [-0.25, -0.2) is 0 Å². The molecule has 0 aromatic heterocycles. The summed E-state index contributed by atoms with van der Waals surface area (Å²) in [4.78, 5) is 0. The quantitative estimate of drug-likeness (QED) is 0.454. The van der Waals surface area contributed by atoms with Crippen LogP contribution in [0, 0.1) is 17.3 Å². The third-order valence-corrected chi connectivity index (χ3v) is 5.86. The molecular weight excluding hydrogens is 276 g/mol. The molecule has 0 aromatic rings. The Kier molecular flexibility index (Phi) is 8.88. The molecule has 0 radical (unpaired) electrons. The topological polar surface area (TPSA) is 0 Å². The van der Waals surface area contributed by atoms with Crippen LogP contribution in [0.3, 0.4) is 0 Å². The van der Waals surface area contributed by atoms with Gasteiger partial charge in [0.2, 0.25) is 0 Å². The molecule has 0 amide bonds. The van der Waals surface area contributed by atoms with Gasteiger partial charge in [0.1, 0.15) is 0 Å². The summed E-state index contributed by atoms with van der Waals surface area (Å²) >= 11 is 0. The zero-order valence-corrected chi connectivity index (χ0v) is 15.8. The number of rotatable bonds is 2. The van der Waals surface area contributed by atoms with Crippen molar-refractivity contribution in [3.63, 3.8) is 0 Å². The number of hydrogen-bond donors (Lipinski definition) is 0. The van der Waals surface area contributed by atoms with Crippen LogP contribution in [0.1, 0.15) is 81.1 Å². The second-order valence-corrected chi connectivity index (χ2v) is 8.04. The third-order valence-electron chi connectivity index (χ3n) is 5.86. The molecule has 0 heteroatoms. The Bertz CT molecular complexity index is 472. The Morgan fingerprint density at radius 3 is 2.26 bits per heavy atom. The largest absolute Gasteiger partial charge is 0.0998 e. The van der Waals surface area contributed by atoms with E-state index in [0.29, 0.717) is 11.3 Å². The van der Waals surface area contributed by atoms with Crippen LogP contribution < -0.4 is 0 Å². The monoisotopic (exact) mass is 316 g/mol. The molecular formula is C23H40. The van der Waals surface area contributed by atoms with Gasteiger partial charge in [-0.05, 0) is 70.1 Å². The molecule has 2 rings (SSSR count). The first-order valence-corrected chi connectivity index (χ1v) is 8.81. The molecule has 0 aromatic carbocycles. The average molecular weight is 317 g/mol. The molecule has 0 saturated carbocycles. The van der Waals surface area contributed by atoms with Crippen LogP contribution in [0.2, 0.25) is 0 Å². The van der Waals surface area contributed by atoms with Crippen molar-refractivity contribution in [3.05, 3.63) is 47.6 Å². The lowest BCUT2D eigenvalue weighted by Crippen LogP contribution is -2.25. The second-order valence-electron chi connectivity index (χ2n) is 8.04. The van der Waals surface area contributed by atoms with Crippen LogP contribution in [0.4, 0.5) is 0 Å². The van der Waals surface area contributed by atoms with Crippen LogP contribution in [-0.4, -0.2) is 0 Å². The predicted octanol–water partition coefficient (Wildman–Crippen LogP) is 7.89. The Balaban J connectivity index is 0.000000403. The van der Waals surface area contributed by atoms with E-state index in [1.165, 1.54) is 36.0 Å². The van der Waals surface area contributed by atoms with Gasteiger partial charge in [0.05, 0.1) is 0 Å². The first-order chi connectivity index (χ1) is 10.2. The average Bonchev–Trinajstić information content (AvgIpc) is 2.45. The van der Waals surface area contributed by atoms with E-state index in [1.807, 2.05) is 0 Å². The van der Waals surface area contributed by atoms with Gasteiger partial charge >= 0.3 is 0 Å². The zero-order valence-electron chi connectivity index (χ0n) is 15.8. The van der Waals surface area contributed by atoms with Crippen molar-refractivity contribution < 1.29 is 0 Å². The maximum Gasteiger partial charge on any atom is -0.0134 e. The van der Waals surface area contributed by atoms with Gasteiger partial charge in [0.15, 0.2) is 0 Å². The molecule has 0 fully saturated rings. The zero-order chi connectivity index (χ0) is 16.9. The Morgan fingerprint density at radius 2 is 1.87 bits per heavy atom. The molecule has 2 aliphatic carbocycles. The first kappa shape index (κ1) is 22.0. The molecule has 0 saturated heterocycles. The standard InChI is InChI=1S/C11H20.C11H16.CH4/c1-9(2)11(4)7-5-10(3)6-8-11;1-8(2)11-6-5-9(3)10(4)7-11;/h5,9H,6-8H2,1-4H3;5,11H,1,4,6-7H2,2-3H3;1H4/t;11-;/m.0./s1. The fourth-order valence-electron chi connectivity index (χ4n) is 3.00. The Labute approximate surface area is 146 Å². The predicted molar refractivity (Wildman–Crippen MR) is 108 cm³/mol. The van der Waals surface area contributed by atoms with Crippen molar-refractivity contribution in [1.29, 1.82) is 0 Å². The highest BCUT2D eigenvalue weighted by Gasteiger charge is 2.28. The molecule has 2 aliphatic rings. The maximum absolute atomic E-state index is 4.02. The van der Waals surface area contributed by atoms with E-state index in [2.05, 4.69) is 66.9 Å². The third kappa shape index (κ3) is 6.53. The summed E-state index contributed by atoms with van der Waals surface area (Å²) in [6, 6.07) is 0. The summed E-state index contributed by atoms with van der Waals surface area (Å²) in [5.41, 5.74) is 6.10. The minimum atomic E-state index is 0. The minimum Gasteiger partial charge on any atom is -0.0998 e. The highest BCUT2D eigenvalue weighted by Crippen LogP contribution is 2.40. The highest BCUT2D eigenvalue weighted by atomic mass is 14.3. The van der Waals surface area contributed by atoms with E-state index < -0.39 is 0 Å². The van der Waals surface area contributed by atoms with E-state index >= 15 is 0 Å². The summed E-state index contributed by atoms with van der Waals surface area (Å²) in [7, 11) is 0. The molecule has 0 nitrogen and oxygen atoms in total. The molecule has 0 aliphatic heterocycles. The van der Waals surface area contributed by atoms with Crippen LogP contribution >= 0.6 is 0 Å². The van der Waals surface area contributed by atoms with E-state index in [1.54, 1.807) is 5.57 Å². The van der Waals surface area contributed by atoms with Crippen molar-refractivity contribution in [2.45, 2.75) is 81.1 Å². The number of allylic oxidation sites excluding steroid dienone is 6. The van der Waals surface area contributed by atoms with Gasteiger partial charge < -0.3 is 0 Å². The van der Waals surface area contributed by atoms with Gasteiger partial charge in [-0.15, -0.1) is 0 Å². The molecule has 23 heavy (non-hydrogen) atoms. The lowest BCUT2D eigenvalue weighted by atomic mass is 9.69. The lowest BCUT2D eigenvalue weighted by molar-refractivity contribution is 0.193. The van der Waals surface area contributed by atoms with E-state index in [-0.39, 0.29) is 7.43 Å². The van der Waals surface area contributed by atoms with Crippen LogP contribution in [0.25, 0.3) is 0 Å². The fraction of sp³-hybridized carbons (Fsp3) is 0.652. The maximum atomic E-state index is 4.02. The molecule has 132 valence electrons. The summed E-state index contributed by atoms with van der Waals surface area (Å²) in [6.45, 7) is 21.6. The fourth-order valence-corrected chi connectivity index (χ4v) is 3.00. The van der Waals surface area contributed by atoms with Crippen molar-refractivity contribution in [1.82, 2.24) is 0 Å². The van der Waals surface area contributed by atoms with Crippen molar-refractivity contribution in [3.8, 4) is 0 Å². The summed E-state index contributed by atoms with van der Waals surface area (Å²) in [6.07, 6.45) is 10.9. The summed E-state index contributed by atoms with van der Waals surface area (Å²) in [5.74, 6) is 1.47. The Hall–Kier alpha value is -1.04. The van der Waals surface area contributed by atoms with Gasteiger partial charge in [-0.1, -0.05) is 75.8 Å². The second kappa shape index (κ2) is 9.30. The minimum absolute atomic E-state index is 0. The Morgan fingerprint density at radius 1 is 1.26 bits per heavy atom. The van der Waals surface area contributed by atoms with Gasteiger partial charge in [0.25, 0.3) is 0 Å².